The fourth-order valence-electron chi connectivity index (χ4n) is 2.34. The summed E-state index contributed by atoms with van der Waals surface area (Å²) in [4.78, 5) is 11.9. The van der Waals surface area contributed by atoms with Crippen molar-refractivity contribution >= 4 is 11.7 Å². The van der Waals surface area contributed by atoms with Gasteiger partial charge in [0.05, 0.1) is 7.11 Å². The third-order valence-corrected chi connectivity index (χ3v) is 3.61. The number of ether oxygens (including phenoxy) is 1. The van der Waals surface area contributed by atoms with E-state index in [-0.39, 0.29) is 0 Å². The summed E-state index contributed by atoms with van der Waals surface area (Å²) in [6.07, 6.45) is 0.420. The number of carboxylic acid groups (broad SMARTS) is 1. The average Bonchev–Trinajstić information content (AvgIpc) is 2.53. The molecule has 21 heavy (non-hydrogen) atoms. The van der Waals surface area contributed by atoms with Gasteiger partial charge in [-0.05, 0) is 36.2 Å². The van der Waals surface area contributed by atoms with E-state index in [4.69, 9.17) is 4.74 Å². The summed E-state index contributed by atoms with van der Waals surface area (Å²) < 4.78 is 5.13. The summed E-state index contributed by atoms with van der Waals surface area (Å²) in [5, 5.41) is 12.9. The van der Waals surface area contributed by atoms with Crippen LogP contribution in [0.1, 0.15) is 18.9 Å². The molecule has 2 aromatic carbocycles. The van der Waals surface area contributed by atoms with Gasteiger partial charge in [-0.15, -0.1) is 0 Å². The van der Waals surface area contributed by atoms with E-state index in [2.05, 4.69) is 5.32 Å². The largest absolute Gasteiger partial charge is 0.497 e. The second-order valence-corrected chi connectivity index (χ2v) is 4.78. The fraction of sp³-hybridized carbons (Fsp3) is 0.235. The van der Waals surface area contributed by atoms with Crippen molar-refractivity contribution in [3.8, 4) is 5.75 Å². The summed E-state index contributed by atoms with van der Waals surface area (Å²) >= 11 is 0. The zero-order valence-corrected chi connectivity index (χ0v) is 12.2. The molecule has 110 valence electrons. The number of carbonyl (C=O) groups is 1. The maximum atomic E-state index is 11.9. The molecule has 0 aliphatic rings. The highest BCUT2D eigenvalue weighted by Gasteiger charge is 2.38. The van der Waals surface area contributed by atoms with Crippen LogP contribution in [-0.4, -0.2) is 18.2 Å². The van der Waals surface area contributed by atoms with Gasteiger partial charge >= 0.3 is 5.97 Å². The van der Waals surface area contributed by atoms with E-state index < -0.39 is 11.5 Å². The number of para-hydroxylation sites is 1. The number of carboxylic acids is 1. The van der Waals surface area contributed by atoms with E-state index in [0.717, 1.165) is 5.69 Å². The summed E-state index contributed by atoms with van der Waals surface area (Å²) in [5.74, 6) is -0.201. The van der Waals surface area contributed by atoms with Gasteiger partial charge < -0.3 is 15.2 Å². The van der Waals surface area contributed by atoms with E-state index in [1.807, 2.05) is 37.3 Å². The predicted molar refractivity (Wildman–Crippen MR) is 82.7 cm³/mol. The highest BCUT2D eigenvalue weighted by atomic mass is 16.5. The molecule has 0 spiro atoms. The lowest BCUT2D eigenvalue weighted by atomic mass is 9.86. The molecule has 0 saturated carbocycles. The Kier molecular flexibility index (Phi) is 4.48. The van der Waals surface area contributed by atoms with E-state index >= 15 is 0 Å². The van der Waals surface area contributed by atoms with Crippen LogP contribution in [0.25, 0.3) is 0 Å². The molecule has 4 heteroatoms. The monoisotopic (exact) mass is 285 g/mol. The summed E-state index contributed by atoms with van der Waals surface area (Å²) in [6, 6.07) is 16.5. The minimum absolute atomic E-state index is 0.420. The molecule has 0 saturated heterocycles. The highest BCUT2D eigenvalue weighted by Crippen LogP contribution is 2.31. The van der Waals surface area contributed by atoms with Crippen LogP contribution in [0.5, 0.6) is 5.75 Å². The molecular formula is C17H19NO3. The Bertz CT molecular complexity index is 595. The predicted octanol–water partition coefficient (Wildman–Crippen LogP) is 3.50. The second-order valence-electron chi connectivity index (χ2n) is 4.78. The van der Waals surface area contributed by atoms with Crippen molar-refractivity contribution in [1.29, 1.82) is 0 Å². The number of hydrogen-bond acceptors (Lipinski definition) is 3. The number of benzene rings is 2. The summed E-state index contributed by atoms with van der Waals surface area (Å²) in [5.41, 5.74) is 0.313. The Morgan fingerprint density at radius 2 is 1.76 bits per heavy atom. The molecule has 0 aliphatic heterocycles. The van der Waals surface area contributed by atoms with Gasteiger partial charge in [-0.25, -0.2) is 4.79 Å². The van der Waals surface area contributed by atoms with Crippen LogP contribution in [0.15, 0.2) is 54.6 Å². The summed E-state index contributed by atoms with van der Waals surface area (Å²) in [6.45, 7) is 1.86. The molecular weight excluding hydrogens is 266 g/mol. The molecule has 0 aliphatic carbocycles. The van der Waals surface area contributed by atoms with Gasteiger partial charge in [-0.2, -0.15) is 0 Å². The highest BCUT2D eigenvalue weighted by molar-refractivity contribution is 5.84. The molecule has 2 aromatic rings. The third kappa shape index (κ3) is 2.99. The fourth-order valence-corrected chi connectivity index (χ4v) is 2.34. The first-order chi connectivity index (χ1) is 10.1. The topological polar surface area (TPSA) is 58.6 Å². The minimum atomic E-state index is -1.16. The van der Waals surface area contributed by atoms with Crippen LogP contribution in [0.3, 0.4) is 0 Å². The van der Waals surface area contributed by atoms with Crippen molar-refractivity contribution in [2.24, 2.45) is 0 Å². The van der Waals surface area contributed by atoms with Crippen molar-refractivity contribution < 1.29 is 14.6 Å². The van der Waals surface area contributed by atoms with Gasteiger partial charge in [-0.3, -0.25) is 0 Å². The standard InChI is InChI=1S/C17H19NO3/c1-3-17(16(19)20,18-14-7-5-4-6-8-14)13-9-11-15(21-2)12-10-13/h4-12,18H,3H2,1-2H3,(H,19,20). The molecule has 0 bridgehead atoms. The first kappa shape index (κ1) is 14.9. The SMILES string of the molecule is CCC(Nc1ccccc1)(C(=O)O)c1ccc(OC)cc1. The van der Waals surface area contributed by atoms with E-state index in [9.17, 15) is 9.90 Å². The molecule has 2 rings (SSSR count). The van der Waals surface area contributed by atoms with Crippen LogP contribution >= 0.6 is 0 Å². The van der Waals surface area contributed by atoms with Crippen molar-refractivity contribution in [3.05, 3.63) is 60.2 Å². The van der Waals surface area contributed by atoms with Crippen molar-refractivity contribution in [2.45, 2.75) is 18.9 Å². The number of rotatable bonds is 6. The molecule has 1 atom stereocenters. The Morgan fingerprint density at radius 3 is 2.24 bits per heavy atom. The molecule has 0 radical (unpaired) electrons. The van der Waals surface area contributed by atoms with E-state index in [1.165, 1.54) is 0 Å². The van der Waals surface area contributed by atoms with E-state index in [0.29, 0.717) is 17.7 Å². The smallest absolute Gasteiger partial charge is 0.334 e. The van der Waals surface area contributed by atoms with E-state index in [1.54, 1.807) is 31.4 Å². The number of hydrogen-bond donors (Lipinski definition) is 2. The zero-order valence-electron chi connectivity index (χ0n) is 12.2. The zero-order chi connectivity index (χ0) is 15.3. The van der Waals surface area contributed by atoms with Crippen LogP contribution in [0.4, 0.5) is 5.69 Å². The van der Waals surface area contributed by atoms with Crippen LogP contribution in [0, 0.1) is 0 Å². The van der Waals surface area contributed by atoms with Gasteiger partial charge in [0.1, 0.15) is 5.75 Å². The quantitative estimate of drug-likeness (QED) is 0.853. The number of aliphatic carboxylic acids is 1. The van der Waals surface area contributed by atoms with Crippen molar-refractivity contribution in [2.75, 3.05) is 12.4 Å². The van der Waals surface area contributed by atoms with Gasteiger partial charge in [0.25, 0.3) is 0 Å². The Labute approximate surface area is 124 Å². The molecule has 0 amide bonds. The van der Waals surface area contributed by atoms with Crippen LogP contribution in [-0.2, 0) is 10.3 Å². The number of methoxy groups -OCH3 is 1. The Balaban J connectivity index is 2.42. The van der Waals surface area contributed by atoms with Crippen molar-refractivity contribution in [1.82, 2.24) is 0 Å². The van der Waals surface area contributed by atoms with Crippen LogP contribution < -0.4 is 10.1 Å². The van der Waals surface area contributed by atoms with Gasteiger partial charge in [0.2, 0.25) is 0 Å². The molecule has 0 aromatic heterocycles. The second kappa shape index (κ2) is 6.31. The maximum Gasteiger partial charge on any atom is 0.334 e. The number of nitrogens with one attached hydrogen (secondary N) is 1. The lowest BCUT2D eigenvalue weighted by Crippen LogP contribution is -2.43. The Hall–Kier alpha value is -2.49. The molecule has 4 nitrogen and oxygen atoms in total. The lowest BCUT2D eigenvalue weighted by Gasteiger charge is -2.31. The van der Waals surface area contributed by atoms with Gasteiger partial charge in [0.15, 0.2) is 5.54 Å². The first-order valence-electron chi connectivity index (χ1n) is 6.83. The minimum Gasteiger partial charge on any atom is -0.497 e. The van der Waals surface area contributed by atoms with Crippen molar-refractivity contribution in [3.63, 3.8) is 0 Å². The van der Waals surface area contributed by atoms with Gasteiger partial charge in [-0.1, -0.05) is 37.3 Å². The van der Waals surface area contributed by atoms with Gasteiger partial charge in [0, 0.05) is 5.69 Å². The maximum absolute atomic E-state index is 11.9. The van der Waals surface area contributed by atoms with Crippen LogP contribution in [0.2, 0.25) is 0 Å². The molecule has 0 fully saturated rings. The molecule has 0 heterocycles. The molecule has 1 unspecified atom stereocenters. The third-order valence-electron chi connectivity index (χ3n) is 3.61. The Morgan fingerprint density at radius 1 is 1.14 bits per heavy atom. The average molecular weight is 285 g/mol. The summed E-state index contributed by atoms with van der Waals surface area (Å²) in [7, 11) is 1.58. The first-order valence-corrected chi connectivity index (χ1v) is 6.83. The normalized spacial score (nSPS) is 13.2. The number of anilines is 1. The lowest BCUT2D eigenvalue weighted by molar-refractivity contribution is -0.142. The molecule has 2 N–H and O–H groups in total.